The second kappa shape index (κ2) is 10.5. The molecule has 0 saturated heterocycles. The largest absolute Gasteiger partial charge is 0.308 e. The fraction of sp³-hybridized carbons (Fsp3) is 0. The molecule has 0 aliphatic rings. The summed E-state index contributed by atoms with van der Waals surface area (Å²) in [6.45, 7) is 0. The van der Waals surface area contributed by atoms with E-state index in [1.165, 1.54) is 25.6 Å². The Labute approximate surface area is 268 Å². The van der Waals surface area contributed by atoms with Gasteiger partial charge >= 0.3 is 0 Å². The number of aromatic nitrogens is 4. The average Bonchev–Trinajstić information content (AvgIpc) is 3.65. The van der Waals surface area contributed by atoms with Gasteiger partial charge in [0.1, 0.15) is 6.07 Å². The zero-order valence-electron chi connectivity index (χ0n) is 24.4. The van der Waals surface area contributed by atoms with Crippen LogP contribution in [0, 0.1) is 11.3 Å². The highest BCUT2D eigenvalue weighted by Gasteiger charge is 2.19. The van der Waals surface area contributed by atoms with Crippen LogP contribution in [-0.4, -0.2) is 19.5 Å². The number of nitrogens with zero attached hydrogens (tertiary/aromatic N) is 5. The summed E-state index contributed by atoms with van der Waals surface area (Å²) in [5, 5.41) is 15.4. The van der Waals surface area contributed by atoms with E-state index in [0.717, 1.165) is 38.8 Å². The lowest BCUT2D eigenvalue weighted by atomic mass is 10.1. The molecule has 5 nitrogen and oxygen atoms in total. The van der Waals surface area contributed by atoms with Crippen LogP contribution in [0.5, 0.6) is 0 Å². The summed E-state index contributed by atoms with van der Waals surface area (Å²) in [6, 6.07) is 49.8. The number of hydrogen-bond donors (Lipinski definition) is 0. The number of thiophene rings is 1. The first-order valence-corrected chi connectivity index (χ1v) is 15.8. The van der Waals surface area contributed by atoms with Crippen molar-refractivity contribution in [2.45, 2.75) is 0 Å². The molecule has 0 atom stereocenters. The molecule has 0 bridgehead atoms. The van der Waals surface area contributed by atoms with Crippen molar-refractivity contribution >= 4 is 53.3 Å². The van der Waals surface area contributed by atoms with Crippen molar-refractivity contribution in [3.63, 3.8) is 0 Å². The molecular weight excluding hydrogens is 583 g/mol. The second-order valence-corrected chi connectivity index (χ2v) is 12.3. The maximum absolute atomic E-state index is 10.6. The van der Waals surface area contributed by atoms with Gasteiger partial charge in [0.15, 0.2) is 17.5 Å². The Morgan fingerprint density at radius 2 is 1.09 bits per heavy atom. The van der Waals surface area contributed by atoms with Crippen LogP contribution in [0.15, 0.2) is 140 Å². The molecule has 214 valence electrons. The summed E-state index contributed by atoms with van der Waals surface area (Å²) in [4.78, 5) is 14.6. The van der Waals surface area contributed by atoms with Crippen molar-refractivity contribution in [1.29, 1.82) is 5.26 Å². The van der Waals surface area contributed by atoms with E-state index < -0.39 is 0 Å². The molecule has 3 heterocycles. The maximum atomic E-state index is 10.6. The zero-order valence-corrected chi connectivity index (χ0v) is 25.2. The van der Waals surface area contributed by atoms with Gasteiger partial charge in [-0.25, -0.2) is 15.0 Å². The summed E-state index contributed by atoms with van der Waals surface area (Å²) in [5.41, 5.74) is 6.04. The van der Waals surface area contributed by atoms with Gasteiger partial charge in [-0.15, -0.1) is 11.3 Å². The van der Waals surface area contributed by atoms with Crippen molar-refractivity contribution in [3.05, 3.63) is 145 Å². The van der Waals surface area contributed by atoms with E-state index >= 15 is 0 Å². The Hall–Kier alpha value is -6.16. The van der Waals surface area contributed by atoms with Gasteiger partial charge in [0, 0.05) is 47.6 Å². The lowest BCUT2D eigenvalue weighted by molar-refractivity contribution is 1.07. The topological polar surface area (TPSA) is 67.4 Å². The van der Waals surface area contributed by atoms with Crippen molar-refractivity contribution in [2.24, 2.45) is 0 Å². The quantitative estimate of drug-likeness (QED) is 0.200. The van der Waals surface area contributed by atoms with E-state index in [9.17, 15) is 5.26 Å². The fourth-order valence-electron chi connectivity index (χ4n) is 6.34. The summed E-state index contributed by atoms with van der Waals surface area (Å²) < 4.78 is 4.74. The SMILES string of the molecule is N#Cc1cc(-c2nc(-c3ccccc3)nc(-c3ccccc3)n2)ccc1-n1c2ccccc2c2cc3sc4ccccc4c3cc21. The Morgan fingerprint density at radius 3 is 1.78 bits per heavy atom. The minimum Gasteiger partial charge on any atom is -0.308 e. The van der Waals surface area contributed by atoms with Crippen molar-refractivity contribution < 1.29 is 0 Å². The third-order valence-corrected chi connectivity index (χ3v) is 9.62. The lowest BCUT2D eigenvalue weighted by Crippen LogP contribution is -2.02. The molecule has 6 aromatic carbocycles. The van der Waals surface area contributed by atoms with Gasteiger partial charge in [0.2, 0.25) is 0 Å². The first-order chi connectivity index (χ1) is 22.7. The van der Waals surface area contributed by atoms with Gasteiger partial charge in [-0.1, -0.05) is 97.1 Å². The maximum Gasteiger partial charge on any atom is 0.164 e. The lowest BCUT2D eigenvalue weighted by Gasteiger charge is -2.12. The van der Waals surface area contributed by atoms with Crippen LogP contribution < -0.4 is 0 Å². The Balaban J connectivity index is 1.26. The Bertz CT molecular complexity index is 2590. The first kappa shape index (κ1) is 26.3. The monoisotopic (exact) mass is 605 g/mol. The van der Waals surface area contributed by atoms with E-state index in [1.54, 1.807) is 0 Å². The zero-order chi connectivity index (χ0) is 30.6. The molecule has 0 radical (unpaired) electrons. The highest BCUT2D eigenvalue weighted by Crippen LogP contribution is 2.41. The highest BCUT2D eigenvalue weighted by molar-refractivity contribution is 7.25. The number of benzene rings is 6. The summed E-state index contributed by atoms with van der Waals surface area (Å²) >= 11 is 1.82. The number of rotatable bonds is 4. The molecule has 9 rings (SSSR count). The molecule has 0 spiro atoms. The van der Waals surface area contributed by atoms with Crippen LogP contribution in [0.3, 0.4) is 0 Å². The molecule has 0 aliphatic carbocycles. The smallest absolute Gasteiger partial charge is 0.164 e. The van der Waals surface area contributed by atoms with Gasteiger partial charge in [-0.3, -0.25) is 0 Å². The third-order valence-electron chi connectivity index (χ3n) is 8.49. The molecule has 0 fully saturated rings. The van der Waals surface area contributed by atoms with Gasteiger partial charge < -0.3 is 4.57 Å². The number of para-hydroxylation sites is 1. The van der Waals surface area contributed by atoms with Crippen molar-refractivity contribution in [1.82, 2.24) is 19.5 Å². The Kier molecular flexibility index (Phi) is 5.98. The normalized spacial score (nSPS) is 11.5. The summed E-state index contributed by atoms with van der Waals surface area (Å²) in [6.07, 6.45) is 0. The van der Waals surface area contributed by atoms with Gasteiger partial charge in [-0.05, 0) is 42.5 Å². The van der Waals surface area contributed by atoms with Crippen LogP contribution in [0.2, 0.25) is 0 Å². The highest BCUT2D eigenvalue weighted by atomic mass is 32.1. The molecule has 3 aromatic heterocycles. The molecule has 0 aliphatic heterocycles. The van der Waals surface area contributed by atoms with Crippen LogP contribution in [0.25, 0.3) is 81.8 Å². The van der Waals surface area contributed by atoms with Crippen LogP contribution >= 0.6 is 11.3 Å². The minimum absolute atomic E-state index is 0.518. The summed E-state index contributed by atoms with van der Waals surface area (Å²) in [5.74, 6) is 1.69. The first-order valence-electron chi connectivity index (χ1n) is 15.0. The van der Waals surface area contributed by atoms with Crippen molar-refractivity contribution in [3.8, 4) is 45.9 Å². The molecule has 9 aromatic rings. The van der Waals surface area contributed by atoms with Gasteiger partial charge in [0.25, 0.3) is 0 Å². The minimum atomic E-state index is 0.518. The number of nitriles is 1. The average molecular weight is 606 g/mol. The van der Waals surface area contributed by atoms with Crippen LogP contribution in [0.1, 0.15) is 5.56 Å². The van der Waals surface area contributed by atoms with E-state index in [4.69, 9.17) is 15.0 Å². The standard InChI is InChI=1S/C40H23N5S/c41-24-28-21-27(40-43-38(25-11-3-1-4-12-25)42-39(44-40)26-13-5-2-6-14-26)19-20-33(28)45-34-17-9-7-15-29(34)31-23-37-32(22-35(31)45)30-16-8-10-18-36(30)46-37/h1-23H. The van der Waals surface area contributed by atoms with Crippen molar-refractivity contribution in [2.75, 3.05) is 0 Å². The number of fused-ring (bicyclic) bond motifs is 6. The Morgan fingerprint density at radius 1 is 0.478 bits per heavy atom. The molecule has 6 heteroatoms. The molecule has 0 saturated carbocycles. The predicted octanol–water partition coefficient (Wildman–Crippen LogP) is 10.2. The van der Waals surface area contributed by atoms with E-state index in [-0.39, 0.29) is 0 Å². The second-order valence-electron chi connectivity index (χ2n) is 11.2. The molecule has 0 N–H and O–H groups in total. The van der Waals surface area contributed by atoms with Crippen LogP contribution in [0.4, 0.5) is 0 Å². The molecule has 46 heavy (non-hydrogen) atoms. The summed E-state index contributed by atoms with van der Waals surface area (Å²) in [7, 11) is 0. The van der Waals surface area contributed by atoms with E-state index in [0.29, 0.717) is 23.0 Å². The predicted molar refractivity (Wildman–Crippen MR) is 188 cm³/mol. The van der Waals surface area contributed by atoms with E-state index in [1.807, 2.05) is 90.2 Å². The van der Waals surface area contributed by atoms with Gasteiger partial charge in [0.05, 0.1) is 22.3 Å². The number of hydrogen-bond acceptors (Lipinski definition) is 5. The fourth-order valence-corrected chi connectivity index (χ4v) is 7.47. The molecular formula is C40H23N5S. The third kappa shape index (κ3) is 4.18. The van der Waals surface area contributed by atoms with Crippen LogP contribution in [-0.2, 0) is 0 Å². The van der Waals surface area contributed by atoms with Gasteiger partial charge in [-0.2, -0.15) is 5.26 Å². The van der Waals surface area contributed by atoms with E-state index in [2.05, 4.69) is 71.3 Å². The molecule has 0 amide bonds. The molecule has 0 unspecified atom stereocenters.